The summed E-state index contributed by atoms with van der Waals surface area (Å²) in [5.41, 5.74) is 0.999. The van der Waals surface area contributed by atoms with E-state index in [0.29, 0.717) is 13.1 Å². The summed E-state index contributed by atoms with van der Waals surface area (Å²) in [6.45, 7) is 7.74. The number of hydrogen-bond donors (Lipinski definition) is 2. The van der Waals surface area contributed by atoms with Crippen molar-refractivity contribution in [2.75, 3.05) is 18.4 Å². The normalized spacial score (nSPS) is 10.1. The molecular weight excluding hydrogens is 192 g/mol. The second-order valence-corrected chi connectivity index (χ2v) is 3.40. The number of aryl methyl sites for hydroxylation is 2. The van der Waals surface area contributed by atoms with Crippen LogP contribution in [-0.2, 0) is 11.3 Å². The number of aromatic nitrogens is 2. The Balaban J connectivity index is 2.39. The van der Waals surface area contributed by atoms with Gasteiger partial charge in [-0.3, -0.25) is 4.79 Å². The molecule has 0 bridgehead atoms. The molecule has 0 saturated heterocycles. The highest BCUT2D eigenvalue weighted by atomic mass is 16.1. The first-order valence-corrected chi connectivity index (χ1v) is 5.15. The molecule has 2 N–H and O–H groups in total. The van der Waals surface area contributed by atoms with Crippen molar-refractivity contribution in [1.82, 2.24) is 14.9 Å². The molecule has 0 aliphatic heterocycles. The molecule has 0 unspecified atom stereocenters. The number of imidazole rings is 1. The van der Waals surface area contributed by atoms with Crippen molar-refractivity contribution in [2.24, 2.45) is 0 Å². The fourth-order valence-electron chi connectivity index (χ4n) is 1.34. The summed E-state index contributed by atoms with van der Waals surface area (Å²) >= 11 is 0. The maximum absolute atomic E-state index is 10.6. The summed E-state index contributed by atoms with van der Waals surface area (Å²) in [4.78, 5) is 15.0. The quantitative estimate of drug-likeness (QED) is 0.705. The zero-order chi connectivity index (χ0) is 11.3. The molecule has 0 saturated carbocycles. The van der Waals surface area contributed by atoms with Crippen LogP contribution < -0.4 is 10.6 Å². The van der Waals surface area contributed by atoms with Gasteiger partial charge in [0, 0.05) is 32.8 Å². The van der Waals surface area contributed by atoms with Crippen molar-refractivity contribution in [3.05, 3.63) is 11.9 Å². The van der Waals surface area contributed by atoms with Gasteiger partial charge in [0.1, 0.15) is 0 Å². The highest BCUT2D eigenvalue weighted by Gasteiger charge is 2.02. The molecule has 1 rings (SSSR count). The first-order chi connectivity index (χ1) is 7.13. The van der Waals surface area contributed by atoms with E-state index >= 15 is 0 Å². The van der Waals surface area contributed by atoms with E-state index in [1.807, 2.05) is 17.7 Å². The fraction of sp³-hybridized carbons (Fsp3) is 0.600. The summed E-state index contributed by atoms with van der Waals surface area (Å²) < 4.78 is 2.04. The monoisotopic (exact) mass is 210 g/mol. The number of anilines is 1. The molecule has 0 radical (unpaired) electrons. The molecule has 1 amide bonds. The van der Waals surface area contributed by atoms with Crippen molar-refractivity contribution in [2.45, 2.75) is 27.3 Å². The predicted molar refractivity (Wildman–Crippen MR) is 59.8 cm³/mol. The van der Waals surface area contributed by atoms with Crippen LogP contribution in [0.1, 0.15) is 19.5 Å². The molecule has 0 aliphatic carbocycles. The molecule has 15 heavy (non-hydrogen) atoms. The van der Waals surface area contributed by atoms with Gasteiger partial charge in [-0.2, -0.15) is 0 Å². The molecule has 1 aromatic rings. The summed E-state index contributed by atoms with van der Waals surface area (Å²) in [5, 5.41) is 5.90. The van der Waals surface area contributed by atoms with E-state index in [2.05, 4.69) is 22.5 Å². The van der Waals surface area contributed by atoms with Crippen LogP contribution in [0.4, 0.5) is 5.95 Å². The van der Waals surface area contributed by atoms with Crippen molar-refractivity contribution >= 4 is 11.9 Å². The molecule has 0 fully saturated rings. The van der Waals surface area contributed by atoms with Gasteiger partial charge in [0.05, 0.1) is 5.69 Å². The molecule has 1 heterocycles. The Morgan fingerprint density at radius 2 is 2.27 bits per heavy atom. The second kappa shape index (κ2) is 5.38. The van der Waals surface area contributed by atoms with Crippen molar-refractivity contribution in [1.29, 1.82) is 0 Å². The van der Waals surface area contributed by atoms with Crippen molar-refractivity contribution < 1.29 is 4.79 Å². The van der Waals surface area contributed by atoms with Crippen LogP contribution in [0, 0.1) is 6.92 Å². The van der Waals surface area contributed by atoms with Crippen LogP contribution in [0.25, 0.3) is 0 Å². The summed E-state index contributed by atoms with van der Waals surface area (Å²) in [6.07, 6.45) is 2.00. The number of hydrogen-bond acceptors (Lipinski definition) is 3. The minimum atomic E-state index is -0.00758. The summed E-state index contributed by atoms with van der Waals surface area (Å²) in [5.74, 6) is 0.854. The molecule has 5 heteroatoms. The number of amides is 1. The maximum Gasteiger partial charge on any atom is 0.216 e. The Kier molecular flexibility index (Phi) is 4.15. The van der Waals surface area contributed by atoms with Gasteiger partial charge in [-0.25, -0.2) is 4.98 Å². The van der Waals surface area contributed by atoms with Gasteiger partial charge in [-0.05, 0) is 13.8 Å². The lowest BCUT2D eigenvalue weighted by molar-refractivity contribution is -0.118. The van der Waals surface area contributed by atoms with Gasteiger partial charge in [-0.15, -0.1) is 0 Å². The molecule has 0 atom stereocenters. The third-order valence-corrected chi connectivity index (χ3v) is 2.02. The zero-order valence-corrected chi connectivity index (χ0v) is 9.50. The number of carbonyl (C=O) groups excluding carboxylic acids is 1. The highest BCUT2D eigenvalue weighted by Crippen LogP contribution is 2.06. The van der Waals surface area contributed by atoms with Gasteiger partial charge in [0.25, 0.3) is 0 Å². The topological polar surface area (TPSA) is 59.0 Å². The van der Waals surface area contributed by atoms with Crippen LogP contribution in [0.2, 0.25) is 0 Å². The average molecular weight is 210 g/mol. The largest absolute Gasteiger partial charge is 0.355 e. The van der Waals surface area contributed by atoms with Crippen molar-refractivity contribution in [3.63, 3.8) is 0 Å². The Bertz CT molecular complexity index is 332. The van der Waals surface area contributed by atoms with Crippen LogP contribution in [0.3, 0.4) is 0 Å². The van der Waals surface area contributed by atoms with E-state index in [-0.39, 0.29) is 5.91 Å². The zero-order valence-electron chi connectivity index (χ0n) is 9.50. The van der Waals surface area contributed by atoms with E-state index in [0.717, 1.165) is 18.2 Å². The van der Waals surface area contributed by atoms with E-state index in [9.17, 15) is 4.79 Å². The molecule has 5 nitrogen and oxygen atoms in total. The average Bonchev–Trinajstić information content (AvgIpc) is 2.53. The van der Waals surface area contributed by atoms with Crippen molar-refractivity contribution in [3.8, 4) is 0 Å². The first kappa shape index (κ1) is 11.6. The Hall–Kier alpha value is -1.52. The van der Waals surface area contributed by atoms with E-state index in [1.165, 1.54) is 6.92 Å². The maximum atomic E-state index is 10.6. The Morgan fingerprint density at radius 1 is 1.53 bits per heavy atom. The molecule has 0 spiro atoms. The van der Waals surface area contributed by atoms with Crippen LogP contribution in [0.5, 0.6) is 0 Å². The SMILES string of the molecule is CCn1cc(C)nc1NCCNC(C)=O. The highest BCUT2D eigenvalue weighted by molar-refractivity contribution is 5.72. The smallest absolute Gasteiger partial charge is 0.216 e. The van der Waals surface area contributed by atoms with Gasteiger partial charge < -0.3 is 15.2 Å². The molecule has 1 aromatic heterocycles. The lowest BCUT2D eigenvalue weighted by Gasteiger charge is -2.07. The number of rotatable bonds is 5. The lowest BCUT2D eigenvalue weighted by Crippen LogP contribution is -2.26. The third kappa shape index (κ3) is 3.61. The van der Waals surface area contributed by atoms with Gasteiger partial charge in [0.2, 0.25) is 11.9 Å². The molecule has 0 aliphatic rings. The van der Waals surface area contributed by atoms with Crippen LogP contribution >= 0.6 is 0 Å². The molecular formula is C10H18N4O. The van der Waals surface area contributed by atoms with Gasteiger partial charge in [-0.1, -0.05) is 0 Å². The molecule has 84 valence electrons. The van der Waals surface area contributed by atoms with E-state index < -0.39 is 0 Å². The summed E-state index contributed by atoms with van der Waals surface area (Å²) in [6, 6.07) is 0. The minimum absolute atomic E-state index is 0.00758. The number of carbonyl (C=O) groups is 1. The fourth-order valence-corrected chi connectivity index (χ4v) is 1.34. The predicted octanol–water partition coefficient (Wildman–Crippen LogP) is 0.759. The Labute approximate surface area is 89.9 Å². The first-order valence-electron chi connectivity index (χ1n) is 5.15. The standard InChI is InChI=1S/C10H18N4O/c1-4-14-7-8(2)13-10(14)12-6-5-11-9(3)15/h7H,4-6H2,1-3H3,(H,11,15)(H,12,13). The minimum Gasteiger partial charge on any atom is -0.355 e. The number of nitrogens with zero attached hydrogens (tertiary/aromatic N) is 2. The van der Waals surface area contributed by atoms with Gasteiger partial charge in [0.15, 0.2) is 0 Å². The lowest BCUT2D eigenvalue weighted by atomic mass is 10.5. The summed E-state index contributed by atoms with van der Waals surface area (Å²) in [7, 11) is 0. The number of nitrogens with one attached hydrogen (secondary N) is 2. The second-order valence-electron chi connectivity index (χ2n) is 3.40. The van der Waals surface area contributed by atoms with E-state index in [1.54, 1.807) is 0 Å². The van der Waals surface area contributed by atoms with Crippen LogP contribution in [-0.4, -0.2) is 28.5 Å². The Morgan fingerprint density at radius 3 is 2.87 bits per heavy atom. The third-order valence-electron chi connectivity index (χ3n) is 2.02. The van der Waals surface area contributed by atoms with Crippen LogP contribution in [0.15, 0.2) is 6.20 Å². The van der Waals surface area contributed by atoms with Gasteiger partial charge >= 0.3 is 0 Å². The van der Waals surface area contributed by atoms with E-state index in [4.69, 9.17) is 0 Å². The molecule has 0 aromatic carbocycles.